The molecule has 1 aliphatic carbocycles. The van der Waals surface area contributed by atoms with Gasteiger partial charge in [0.25, 0.3) is 5.01 Å². The fraction of sp³-hybridized carbons (Fsp3) is 0.375. The Hall–Kier alpha value is -0.540. The molecule has 0 radical (unpaired) electrons. The number of allylic oxidation sites excluding steroid dienone is 2. The van der Waals surface area contributed by atoms with Crippen LogP contribution in [0.4, 0.5) is 5.00 Å². The number of hydrogen-bond donors (Lipinski definition) is 1. The van der Waals surface area contributed by atoms with E-state index in [0.29, 0.717) is 0 Å². The molecule has 4 heteroatoms. The fourth-order valence-corrected chi connectivity index (χ4v) is 2.14. The van der Waals surface area contributed by atoms with Crippen molar-refractivity contribution in [3.05, 3.63) is 17.3 Å². The van der Waals surface area contributed by atoms with Crippen molar-refractivity contribution in [1.29, 1.82) is 0 Å². The molecule has 2 nitrogen and oxygen atoms in total. The Balaban J connectivity index is 0.000000720. The van der Waals surface area contributed by atoms with Gasteiger partial charge in [-0.15, -0.1) is 0 Å². The second kappa shape index (κ2) is 3.92. The van der Waals surface area contributed by atoms with Gasteiger partial charge in [0.2, 0.25) is 6.20 Å². The van der Waals surface area contributed by atoms with Crippen LogP contribution in [0.2, 0.25) is 0 Å². The number of aromatic nitrogens is 1. The number of H-pyrrole nitrogens is 1. The largest absolute Gasteiger partial charge is 1.00 e. The van der Waals surface area contributed by atoms with Crippen LogP contribution in [0.5, 0.6) is 0 Å². The minimum absolute atomic E-state index is 0. The second-order valence-corrected chi connectivity index (χ2v) is 3.83. The van der Waals surface area contributed by atoms with Gasteiger partial charge in [-0.2, -0.15) is 4.98 Å². The standard InChI is InChI=1S/C8H10N2S.ClH/c9-7-5-10-8(11-7)6-3-1-2-4-6;/h3,5H,1-2,4,9H2;1H. The third-order valence-electron chi connectivity index (χ3n) is 1.90. The van der Waals surface area contributed by atoms with E-state index in [0.717, 1.165) is 5.00 Å². The summed E-state index contributed by atoms with van der Waals surface area (Å²) in [6.07, 6.45) is 7.87. The number of thiazole rings is 1. The van der Waals surface area contributed by atoms with Gasteiger partial charge in [0, 0.05) is 5.57 Å². The zero-order chi connectivity index (χ0) is 7.68. The Morgan fingerprint density at radius 3 is 2.83 bits per heavy atom. The molecule has 0 saturated heterocycles. The Morgan fingerprint density at radius 1 is 1.50 bits per heavy atom. The van der Waals surface area contributed by atoms with Crippen molar-refractivity contribution in [3.63, 3.8) is 0 Å². The van der Waals surface area contributed by atoms with Crippen LogP contribution in [-0.4, -0.2) is 0 Å². The monoisotopic (exact) mass is 202 g/mol. The highest BCUT2D eigenvalue weighted by molar-refractivity contribution is 7.16. The quantitative estimate of drug-likeness (QED) is 0.606. The highest BCUT2D eigenvalue weighted by atomic mass is 35.5. The lowest BCUT2D eigenvalue weighted by molar-refractivity contribution is -0.373. The van der Waals surface area contributed by atoms with Crippen LogP contribution in [0.15, 0.2) is 12.3 Å². The molecular formula is C8H11ClN2S. The van der Waals surface area contributed by atoms with Crippen LogP contribution in [0.1, 0.15) is 24.3 Å². The van der Waals surface area contributed by atoms with Crippen molar-refractivity contribution in [2.24, 2.45) is 0 Å². The first-order valence-corrected chi connectivity index (χ1v) is 4.64. The van der Waals surface area contributed by atoms with E-state index in [-0.39, 0.29) is 12.4 Å². The highest BCUT2D eigenvalue weighted by Crippen LogP contribution is 2.28. The summed E-state index contributed by atoms with van der Waals surface area (Å²) in [5.41, 5.74) is 7.04. The summed E-state index contributed by atoms with van der Waals surface area (Å²) < 4.78 is 0. The van der Waals surface area contributed by atoms with Gasteiger partial charge in [-0.05, 0) is 30.6 Å². The predicted molar refractivity (Wildman–Crippen MR) is 47.1 cm³/mol. The molecule has 0 bridgehead atoms. The summed E-state index contributed by atoms with van der Waals surface area (Å²) in [5.74, 6) is 0. The molecule has 1 aromatic heterocycles. The number of nitrogens with two attached hydrogens (primary N) is 1. The van der Waals surface area contributed by atoms with Crippen molar-refractivity contribution >= 4 is 21.9 Å². The van der Waals surface area contributed by atoms with Gasteiger partial charge >= 0.3 is 0 Å². The molecule has 0 aromatic carbocycles. The average Bonchev–Trinajstić information content (AvgIpc) is 2.55. The number of nitrogen functional groups attached to an aromatic ring is 1. The van der Waals surface area contributed by atoms with Crippen LogP contribution in [0.25, 0.3) is 5.57 Å². The normalized spacial score (nSPS) is 15.5. The van der Waals surface area contributed by atoms with Gasteiger partial charge in [0.15, 0.2) is 5.00 Å². The minimum Gasteiger partial charge on any atom is -1.00 e. The van der Waals surface area contributed by atoms with Crippen LogP contribution in [0, 0.1) is 0 Å². The molecule has 0 aliphatic heterocycles. The number of anilines is 1. The summed E-state index contributed by atoms with van der Waals surface area (Å²) in [6.45, 7) is 0. The topological polar surface area (TPSA) is 40.2 Å². The van der Waals surface area contributed by atoms with Crippen LogP contribution >= 0.6 is 11.3 Å². The number of rotatable bonds is 1. The van der Waals surface area contributed by atoms with E-state index in [2.05, 4.69) is 11.1 Å². The first-order chi connectivity index (χ1) is 5.36. The molecule has 0 spiro atoms. The predicted octanol–water partition coefficient (Wildman–Crippen LogP) is -1.28. The van der Waals surface area contributed by atoms with Crippen LogP contribution in [0.3, 0.4) is 0 Å². The SMILES string of the molecule is Nc1c[nH+]c(C2=CCCC2)s1.[Cl-]. The molecule has 2 rings (SSSR count). The van der Waals surface area contributed by atoms with Gasteiger partial charge in [0.1, 0.15) is 0 Å². The van der Waals surface area contributed by atoms with E-state index in [1.807, 2.05) is 6.20 Å². The van der Waals surface area contributed by atoms with E-state index < -0.39 is 0 Å². The summed E-state index contributed by atoms with van der Waals surface area (Å²) in [7, 11) is 0. The highest BCUT2D eigenvalue weighted by Gasteiger charge is 2.15. The molecule has 1 heterocycles. The summed E-state index contributed by atoms with van der Waals surface area (Å²) in [4.78, 5) is 3.17. The maximum Gasteiger partial charge on any atom is 0.264 e. The number of aromatic amines is 1. The number of halogens is 1. The van der Waals surface area contributed by atoms with Crippen molar-refractivity contribution in [3.8, 4) is 0 Å². The Bertz CT molecular complexity index is 293. The summed E-state index contributed by atoms with van der Waals surface area (Å²) >= 11 is 1.64. The Kier molecular flexibility index (Phi) is 3.12. The van der Waals surface area contributed by atoms with Crippen molar-refractivity contribution in [2.75, 3.05) is 5.73 Å². The van der Waals surface area contributed by atoms with Crippen molar-refractivity contribution < 1.29 is 17.4 Å². The molecule has 0 fully saturated rings. The zero-order valence-corrected chi connectivity index (χ0v) is 8.21. The average molecular weight is 203 g/mol. The van der Waals surface area contributed by atoms with Crippen molar-refractivity contribution in [2.45, 2.75) is 19.3 Å². The molecule has 1 aliphatic rings. The van der Waals surface area contributed by atoms with Crippen molar-refractivity contribution in [1.82, 2.24) is 0 Å². The lowest BCUT2D eigenvalue weighted by Crippen LogP contribution is -3.00. The van der Waals surface area contributed by atoms with Gasteiger partial charge in [0.05, 0.1) is 0 Å². The number of hydrogen-bond acceptors (Lipinski definition) is 2. The molecule has 0 amide bonds. The molecule has 66 valence electrons. The Morgan fingerprint density at radius 2 is 2.33 bits per heavy atom. The minimum atomic E-state index is 0. The lowest BCUT2D eigenvalue weighted by Gasteiger charge is -1.86. The van der Waals surface area contributed by atoms with E-state index in [4.69, 9.17) is 5.73 Å². The van der Waals surface area contributed by atoms with E-state index in [1.54, 1.807) is 11.3 Å². The maximum atomic E-state index is 5.61. The van der Waals surface area contributed by atoms with Gasteiger partial charge in [-0.3, -0.25) is 0 Å². The van der Waals surface area contributed by atoms with Gasteiger partial charge < -0.3 is 18.1 Å². The summed E-state index contributed by atoms with van der Waals surface area (Å²) in [6, 6.07) is 0. The lowest BCUT2D eigenvalue weighted by atomic mass is 10.2. The van der Waals surface area contributed by atoms with E-state index in [1.165, 1.54) is 29.8 Å². The summed E-state index contributed by atoms with van der Waals surface area (Å²) in [5, 5.41) is 2.10. The maximum absolute atomic E-state index is 5.61. The zero-order valence-electron chi connectivity index (χ0n) is 6.64. The second-order valence-electron chi connectivity index (χ2n) is 2.74. The van der Waals surface area contributed by atoms with Gasteiger partial charge in [-0.1, -0.05) is 6.08 Å². The molecule has 12 heavy (non-hydrogen) atoms. The van der Waals surface area contributed by atoms with E-state index >= 15 is 0 Å². The molecule has 0 saturated carbocycles. The molecular weight excluding hydrogens is 192 g/mol. The smallest absolute Gasteiger partial charge is 0.264 e. The molecule has 0 atom stereocenters. The number of nitrogens with one attached hydrogen (secondary N) is 1. The molecule has 1 aromatic rings. The molecule has 3 N–H and O–H groups in total. The van der Waals surface area contributed by atoms with Crippen LogP contribution < -0.4 is 23.1 Å². The first-order valence-electron chi connectivity index (χ1n) is 3.82. The van der Waals surface area contributed by atoms with Gasteiger partial charge in [-0.25, -0.2) is 0 Å². The Labute approximate surface area is 81.9 Å². The van der Waals surface area contributed by atoms with E-state index in [9.17, 15) is 0 Å². The third kappa shape index (κ3) is 1.79. The molecule has 0 unspecified atom stereocenters. The third-order valence-corrected chi connectivity index (χ3v) is 2.84. The van der Waals surface area contributed by atoms with Crippen LogP contribution in [-0.2, 0) is 0 Å². The fourth-order valence-electron chi connectivity index (χ4n) is 1.35. The first kappa shape index (κ1) is 9.55.